The lowest BCUT2D eigenvalue weighted by Crippen LogP contribution is -2.58. The van der Waals surface area contributed by atoms with Gasteiger partial charge in [-0.2, -0.15) is 0 Å². The van der Waals surface area contributed by atoms with Crippen molar-refractivity contribution in [1.82, 2.24) is 10.2 Å². The van der Waals surface area contributed by atoms with Crippen LogP contribution in [0.2, 0.25) is 0 Å². The minimum absolute atomic E-state index is 0.313. The molecule has 1 amide bonds. The monoisotopic (exact) mass is 414 g/mol. The maximum absolute atomic E-state index is 12.0. The summed E-state index contributed by atoms with van der Waals surface area (Å²) in [7, 11) is 1.64. The van der Waals surface area contributed by atoms with Gasteiger partial charge >= 0.3 is 6.09 Å². The first kappa shape index (κ1) is 23.7. The van der Waals surface area contributed by atoms with Gasteiger partial charge in [-0.25, -0.2) is 4.79 Å². The van der Waals surface area contributed by atoms with E-state index in [1.165, 1.54) is 10.5 Å². The van der Waals surface area contributed by atoms with Crippen LogP contribution >= 0.6 is 0 Å². The van der Waals surface area contributed by atoms with Crippen molar-refractivity contribution < 1.29 is 19.7 Å². The van der Waals surface area contributed by atoms with Crippen LogP contribution in [0.4, 0.5) is 4.79 Å². The second-order valence-electron chi connectivity index (χ2n) is 8.45. The van der Waals surface area contributed by atoms with Crippen LogP contribution in [0.1, 0.15) is 31.9 Å². The molecular formula is C24H34N2O4. The number of carboxylic acid groups (broad SMARTS) is 1. The van der Waals surface area contributed by atoms with Crippen LogP contribution < -0.4 is 10.1 Å². The predicted molar refractivity (Wildman–Crippen MR) is 119 cm³/mol. The van der Waals surface area contributed by atoms with E-state index in [0.717, 1.165) is 17.7 Å². The molecule has 0 heterocycles. The third-order valence-corrected chi connectivity index (χ3v) is 5.10. The zero-order chi connectivity index (χ0) is 22.1. The van der Waals surface area contributed by atoms with Crippen molar-refractivity contribution in [2.24, 2.45) is 0 Å². The molecule has 3 N–H and O–H groups in total. The van der Waals surface area contributed by atoms with Crippen LogP contribution in [0, 0.1) is 0 Å². The van der Waals surface area contributed by atoms with Crippen molar-refractivity contribution in [3.8, 4) is 5.75 Å². The molecule has 164 valence electrons. The molecule has 0 aliphatic carbocycles. The summed E-state index contributed by atoms with van der Waals surface area (Å²) in [6, 6.07) is 17.0. The number of aliphatic hydroxyl groups excluding tert-OH is 1. The van der Waals surface area contributed by atoms with Crippen molar-refractivity contribution in [2.75, 3.05) is 20.2 Å². The van der Waals surface area contributed by atoms with Gasteiger partial charge in [-0.05, 0) is 63.4 Å². The molecule has 2 aromatic carbocycles. The average molecular weight is 415 g/mol. The van der Waals surface area contributed by atoms with Crippen molar-refractivity contribution in [3.63, 3.8) is 0 Å². The summed E-state index contributed by atoms with van der Waals surface area (Å²) in [6.45, 7) is 6.55. The van der Waals surface area contributed by atoms with Crippen molar-refractivity contribution in [2.45, 2.75) is 51.3 Å². The molecule has 0 aliphatic rings. The molecule has 6 heteroatoms. The van der Waals surface area contributed by atoms with Crippen LogP contribution in [0.3, 0.4) is 0 Å². The number of rotatable bonds is 10. The highest BCUT2D eigenvalue weighted by atomic mass is 16.5. The van der Waals surface area contributed by atoms with E-state index in [4.69, 9.17) is 4.74 Å². The first-order valence-electron chi connectivity index (χ1n) is 10.3. The Morgan fingerprint density at radius 1 is 1.07 bits per heavy atom. The second kappa shape index (κ2) is 11.0. The summed E-state index contributed by atoms with van der Waals surface area (Å²) in [6.07, 6.45) is -0.606. The van der Waals surface area contributed by atoms with Gasteiger partial charge in [0.1, 0.15) is 5.75 Å². The van der Waals surface area contributed by atoms with E-state index in [-0.39, 0.29) is 0 Å². The van der Waals surface area contributed by atoms with E-state index in [9.17, 15) is 15.0 Å². The Morgan fingerprint density at radius 3 is 2.23 bits per heavy atom. The number of hydrogen-bond donors (Lipinski definition) is 3. The van der Waals surface area contributed by atoms with E-state index >= 15 is 0 Å². The molecule has 0 saturated heterocycles. The number of benzene rings is 2. The summed E-state index contributed by atoms with van der Waals surface area (Å²) in [5, 5.41) is 24.1. The molecule has 0 unspecified atom stereocenters. The zero-order valence-electron chi connectivity index (χ0n) is 18.3. The number of nitrogens with one attached hydrogen (secondary N) is 1. The Morgan fingerprint density at radius 2 is 1.70 bits per heavy atom. The molecule has 0 bridgehead atoms. The number of hydrogen-bond acceptors (Lipinski definition) is 4. The minimum Gasteiger partial charge on any atom is -0.497 e. The largest absolute Gasteiger partial charge is 0.497 e. The van der Waals surface area contributed by atoms with Crippen molar-refractivity contribution >= 4 is 6.09 Å². The lowest BCUT2D eigenvalue weighted by Gasteiger charge is -2.42. The maximum atomic E-state index is 12.0. The third-order valence-electron chi connectivity index (χ3n) is 5.10. The Kier molecular flexibility index (Phi) is 8.69. The van der Waals surface area contributed by atoms with Gasteiger partial charge in [0.25, 0.3) is 0 Å². The Hall–Kier alpha value is -2.57. The number of ether oxygens (including phenoxy) is 1. The lowest BCUT2D eigenvalue weighted by molar-refractivity contribution is 0.00792. The SMILES string of the molecule is COc1ccc(CCNC[C@H](O)[C@H](Cc2ccccc2)N(C(=O)O)C(C)(C)C)cc1. The molecule has 2 aromatic rings. The van der Waals surface area contributed by atoms with Crippen LogP contribution in [0.15, 0.2) is 54.6 Å². The molecular weight excluding hydrogens is 380 g/mol. The number of aliphatic hydroxyl groups is 1. The first-order valence-corrected chi connectivity index (χ1v) is 10.3. The predicted octanol–water partition coefficient (Wildman–Crippen LogP) is 3.58. The maximum Gasteiger partial charge on any atom is 0.408 e. The Labute approximate surface area is 179 Å². The Balaban J connectivity index is 2.02. The van der Waals surface area contributed by atoms with E-state index in [2.05, 4.69) is 5.32 Å². The van der Waals surface area contributed by atoms with Crippen LogP contribution in [-0.2, 0) is 12.8 Å². The summed E-state index contributed by atoms with van der Waals surface area (Å²) >= 11 is 0. The number of methoxy groups -OCH3 is 1. The summed E-state index contributed by atoms with van der Waals surface area (Å²) in [5.74, 6) is 0.821. The van der Waals surface area contributed by atoms with Gasteiger partial charge in [0.05, 0.1) is 19.3 Å². The van der Waals surface area contributed by atoms with Crippen LogP contribution in [-0.4, -0.2) is 59.1 Å². The standard InChI is InChI=1S/C24H34N2O4/c1-24(2,3)26(23(28)29)21(16-19-8-6-5-7-9-19)22(27)17-25-15-14-18-10-12-20(30-4)13-11-18/h5-13,21-22,25,27H,14-17H2,1-4H3,(H,28,29)/t21-,22-/m0/s1. The molecule has 2 atom stereocenters. The Bertz CT molecular complexity index is 772. The van der Waals surface area contributed by atoms with Gasteiger partial charge < -0.3 is 20.3 Å². The summed E-state index contributed by atoms with van der Waals surface area (Å²) in [4.78, 5) is 13.4. The van der Waals surface area contributed by atoms with Gasteiger partial charge in [0.2, 0.25) is 0 Å². The fourth-order valence-electron chi connectivity index (χ4n) is 3.59. The molecule has 6 nitrogen and oxygen atoms in total. The highest BCUT2D eigenvalue weighted by Gasteiger charge is 2.37. The first-order chi connectivity index (χ1) is 14.2. The zero-order valence-corrected chi connectivity index (χ0v) is 18.3. The van der Waals surface area contributed by atoms with E-state index < -0.39 is 23.8 Å². The van der Waals surface area contributed by atoms with Crippen molar-refractivity contribution in [3.05, 3.63) is 65.7 Å². The number of carbonyl (C=O) groups is 1. The third kappa shape index (κ3) is 7.04. The normalized spacial score (nSPS) is 13.5. The van der Waals surface area contributed by atoms with Gasteiger partial charge in [0, 0.05) is 12.1 Å². The molecule has 0 saturated carbocycles. The minimum atomic E-state index is -1.03. The lowest BCUT2D eigenvalue weighted by atomic mass is 9.94. The topological polar surface area (TPSA) is 82.0 Å². The second-order valence-corrected chi connectivity index (χ2v) is 8.45. The van der Waals surface area contributed by atoms with Crippen LogP contribution in [0.25, 0.3) is 0 Å². The van der Waals surface area contributed by atoms with E-state index in [1.807, 2.05) is 75.4 Å². The van der Waals surface area contributed by atoms with E-state index in [1.54, 1.807) is 7.11 Å². The number of amides is 1. The van der Waals surface area contributed by atoms with E-state index in [0.29, 0.717) is 19.5 Å². The molecule has 0 aliphatic heterocycles. The molecule has 30 heavy (non-hydrogen) atoms. The fraction of sp³-hybridized carbons (Fsp3) is 0.458. The van der Waals surface area contributed by atoms with Crippen molar-refractivity contribution in [1.29, 1.82) is 0 Å². The van der Waals surface area contributed by atoms with Gasteiger partial charge in [-0.1, -0.05) is 42.5 Å². The molecule has 0 aromatic heterocycles. The van der Waals surface area contributed by atoms with Gasteiger partial charge in [-0.3, -0.25) is 4.90 Å². The number of nitrogens with zero attached hydrogens (tertiary/aromatic N) is 1. The van der Waals surface area contributed by atoms with Gasteiger partial charge in [0.15, 0.2) is 0 Å². The summed E-state index contributed by atoms with van der Waals surface area (Å²) < 4.78 is 5.17. The molecule has 2 rings (SSSR count). The van der Waals surface area contributed by atoms with Crippen LogP contribution in [0.5, 0.6) is 5.75 Å². The smallest absolute Gasteiger partial charge is 0.408 e. The fourth-order valence-corrected chi connectivity index (χ4v) is 3.59. The average Bonchev–Trinajstić information content (AvgIpc) is 2.70. The highest BCUT2D eigenvalue weighted by Crippen LogP contribution is 2.22. The molecule has 0 radical (unpaired) electrons. The highest BCUT2D eigenvalue weighted by molar-refractivity contribution is 5.66. The quantitative estimate of drug-likeness (QED) is 0.518. The molecule has 0 fully saturated rings. The molecule has 0 spiro atoms. The summed E-state index contributed by atoms with van der Waals surface area (Å²) in [5.41, 5.74) is 1.53. The van der Waals surface area contributed by atoms with Gasteiger partial charge in [-0.15, -0.1) is 0 Å².